The molecular formula is C23H16Br2F6. The summed E-state index contributed by atoms with van der Waals surface area (Å²) in [4.78, 5) is 0. The second-order valence-corrected chi connectivity index (χ2v) is 9.74. The lowest BCUT2D eigenvalue weighted by Gasteiger charge is -2.23. The Hall–Kier alpha value is -1.54. The normalized spacial score (nSPS) is 20.5. The summed E-state index contributed by atoms with van der Waals surface area (Å²) in [7, 11) is 0. The Morgan fingerprint density at radius 1 is 0.677 bits per heavy atom. The van der Waals surface area contributed by atoms with Crippen LogP contribution in [0.1, 0.15) is 65.5 Å². The summed E-state index contributed by atoms with van der Waals surface area (Å²) in [6.07, 6.45) is -4.88. The average molecular weight is 566 g/mol. The summed E-state index contributed by atoms with van der Waals surface area (Å²) in [5, 5.41) is 0. The lowest BCUT2D eigenvalue weighted by Crippen LogP contribution is -2.11. The van der Waals surface area contributed by atoms with Crippen molar-refractivity contribution in [2.45, 2.75) is 44.5 Å². The molecule has 2 unspecified atom stereocenters. The average Bonchev–Trinajstić information content (AvgIpc) is 3.12. The van der Waals surface area contributed by atoms with Crippen LogP contribution in [0.3, 0.4) is 0 Å². The number of benzene rings is 2. The van der Waals surface area contributed by atoms with Crippen molar-refractivity contribution in [3.05, 3.63) is 77.7 Å². The van der Waals surface area contributed by atoms with E-state index in [4.69, 9.17) is 0 Å². The van der Waals surface area contributed by atoms with E-state index in [-0.39, 0.29) is 11.8 Å². The first-order valence-corrected chi connectivity index (χ1v) is 11.0. The number of hydrogen-bond acceptors (Lipinski definition) is 0. The molecule has 0 aromatic heterocycles. The third kappa shape index (κ3) is 4.01. The number of hydrogen-bond donors (Lipinski definition) is 0. The minimum atomic E-state index is -4.49. The lowest BCUT2D eigenvalue weighted by atomic mass is 9.81. The third-order valence-corrected chi connectivity index (χ3v) is 7.36. The van der Waals surface area contributed by atoms with Crippen molar-refractivity contribution < 1.29 is 26.3 Å². The van der Waals surface area contributed by atoms with Crippen molar-refractivity contribution in [1.29, 1.82) is 0 Å². The van der Waals surface area contributed by atoms with Crippen molar-refractivity contribution >= 4 is 44.0 Å². The first-order valence-electron chi connectivity index (χ1n) is 9.45. The Morgan fingerprint density at radius 2 is 1.03 bits per heavy atom. The number of fused-ring (bicyclic) bond motifs is 2. The summed E-state index contributed by atoms with van der Waals surface area (Å²) in [5.74, 6) is -0.637. The van der Waals surface area contributed by atoms with Crippen LogP contribution < -0.4 is 0 Å². The number of halogens is 8. The zero-order valence-corrected chi connectivity index (χ0v) is 19.5. The van der Waals surface area contributed by atoms with Crippen LogP contribution in [-0.4, -0.2) is 0 Å². The van der Waals surface area contributed by atoms with E-state index in [0.29, 0.717) is 37.6 Å². The van der Waals surface area contributed by atoms with Crippen LogP contribution in [0.4, 0.5) is 26.3 Å². The molecule has 2 aromatic rings. The Morgan fingerprint density at radius 3 is 1.35 bits per heavy atom. The summed E-state index contributed by atoms with van der Waals surface area (Å²) in [6.45, 7) is 3.70. The molecule has 0 nitrogen and oxygen atoms in total. The van der Waals surface area contributed by atoms with Crippen molar-refractivity contribution in [3.8, 4) is 0 Å². The summed E-state index contributed by atoms with van der Waals surface area (Å²) in [5.41, 5.74) is 2.78. The second kappa shape index (κ2) is 7.51. The molecule has 0 saturated carbocycles. The molecule has 4 rings (SSSR count). The van der Waals surface area contributed by atoms with Crippen molar-refractivity contribution in [3.63, 3.8) is 0 Å². The molecule has 8 heteroatoms. The fourth-order valence-electron chi connectivity index (χ4n) is 4.50. The van der Waals surface area contributed by atoms with Gasteiger partial charge in [-0.1, -0.05) is 55.2 Å². The van der Waals surface area contributed by atoms with Gasteiger partial charge in [0.25, 0.3) is 0 Å². The van der Waals surface area contributed by atoms with Gasteiger partial charge >= 0.3 is 12.4 Å². The first kappa shape index (κ1) is 22.6. The van der Waals surface area contributed by atoms with E-state index in [1.807, 2.05) is 26.0 Å². The second-order valence-electron chi connectivity index (χ2n) is 8.04. The molecule has 0 aliphatic heterocycles. The highest BCUT2D eigenvalue weighted by Crippen LogP contribution is 2.51. The van der Waals surface area contributed by atoms with E-state index in [9.17, 15) is 26.3 Å². The van der Waals surface area contributed by atoms with Gasteiger partial charge in [0, 0.05) is 20.8 Å². The molecule has 2 aliphatic rings. The smallest absolute Gasteiger partial charge is 0.166 e. The highest BCUT2D eigenvalue weighted by molar-refractivity contribution is 9.10. The molecule has 2 aliphatic carbocycles. The summed E-state index contributed by atoms with van der Waals surface area (Å²) < 4.78 is 80.9. The molecule has 0 amide bonds. The Labute approximate surface area is 192 Å². The predicted octanol–water partition coefficient (Wildman–Crippen LogP) is 9.34. The lowest BCUT2D eigenvalue weighted by molar-refractivity contribution is -0.138. The molecule has 0 N–H and O–H groups in total. The van der Waals surface area contributed by atoms with Crippen LogP contribution in [0.25, 0.3) is 12.2 Å². The zero-order valence-electron chi connectivity index (χ0n) is 16.3. The fourth-order valence-corrected chi connectivity index (χ4v) is 5.68. The highest BCUT2D eigenvalue weighted by Gasteiger charge is 2.38. The highest BCUT2D eigenvalue weighted by atomic mass is 79.9. The maximum Gasteiger partial charge on any atom is 0.416 e. The molecule has 31 heavy (non-hydrogen) atoms. The SMILES string of the molecule is CC1=Cc2c(Br)cc(C(F)(F)F)cc2C1CC1C(C)=Cc2c(Br)cc(C(F)(F)F)cc21. The van der Waals surface area contributed by atoms with Crippen LogP contribution in [0.5, 0.6) is 0 Å². The Balaban J connectivity index is 1.76. The van der Waals surface area contributed by atoms with E-state index >= 15 is 0 Å². The molecule has 0 spiro atoms. The summed E-state index contributed by atoms with van der Waals surface area (Å²) >= 11 is 6.50. The van der Waals surface area contributed by atoms with Gasteiger partial charge in [0.2, 0.25) is 0 Å². The van der Waals surface area contributed by atoms with E-state index < -0.39 is 23.5 Å². The van der Waals surface area contributed by atoms with Gasteiger partial charge in [0.15, 0.2) is 0 Å². The molecule has 2 atom stereocenters. The van der Waals surface area contributed by atoms with Gasteiger partial charge < -0.3 is 0 Å². The van der Waals surface area contributed by atoms with Gasteiger partial charge in [-0.3, -0.25) is 0 Å². The predicted molar refractivity (Wildman–Crippen MR) is 116 cm³/mol. The maximum atomic E-state index is 13.4. The Kier molecular flexibility index (Phi) is 5.49. The molecule has 2 aromatic carbocycles. The van der Waals surface area contributed by atoms with Crippen LogP contribution in [-0.2, 0) is 12.4 Å². The molecular weight excluding hydrogens is 550 g/mol. The summed E-state index contributed by atoms with van der Waals surface area (Å²) in [6, 6.07) is 4.45. The van der Waals surface area contributed by atoms with E-state index in [0.717, 1.165) is 35.4 Å². The van der Waals surface area contributed by atoms with Crippen LogP contribution in [0.15, 0.2) is 44.4 Å². The minimum absolute atomic E-state index is 0.318. The van der Waals surface area contributed by atoms with Crippen LogP contribution in [0.2, 0.25) is 0 Å². The van der Waals surface area contributed by atoms with Gasteiger partial charge in [-0.15, -0.1) is 0 Å². The van der Waals surface area contributed by atoms with Crippen LogP contribution in [0, 0.1) is 0 Å². The number of alkyl halides is 6. The van der Waals surface area contributed by atoms with Gasteiger partial charge in [0.05, 0.1) is 11.1 Å². The fraction of sp³-hybridized carbons (Fsp3) is 0.304. The number of allylic oxidation sites excluding steroid dienone is 2. The van der Waals surface area contributed by atoms with Crippen LogP contribution >= 0.6 is 31.9 Å². The Bertz CT molecular complexity index is 1050. The van der Waals surface area contributed by atoms with Gasteiger partial charge in [-0.2, -0.15) is 26.3 Å². The third-order valence-electron chi connectivity index (χ3n) is 6.04. The van der Waals surface area contributed by atoms with Gasteiger partial charge in [0.1, 0.15) is 0 Å². The van der Waals surface area contributed by atoms with E-state index in [1.165, 1.54) is 0 Å². The topological polar surface area (TPSA) is 0 Å². The number of rotatable bonds is 2. The molecule has 164 valence electrons. The van der Waals surface area contributed by atoms with Gasteiger partial charge in [-0.25, -0.2) is 0 Å². The largest absolute Gasteiger partial charge is 0.416 e. The maximum absolute atomic E-state index is 13.4. The quantitative estimate of drug-likeness (QED) is 0.318. The molecule has 0 radical (unpaired) electrons. The standard InChI is InChI=1S/C23H16Br2F6/c1-10-3-18-16(5-12(7-20(18)24)22(26,27)28)14(10)9-15-11(2)4-19-17(15)6-13(8-21(19)25)23(29,30)31/h3-8,14-15H,9H2,1-2H3. The first-order chi connectivity index (χ1) is 14.3. The van der Waals surface area contributed by atoms with Crippen molar-refractivity contribution in [2.75, 3.05) is 0 Å². The van der Waals surface area contributed by atoms with Crippen molar-refractivity contribution in [1.82, 2.24) is 0 Å². The van der Waals surface area contributed by atoms with E-state index in [1.54, 1.807) is 0 Å². The molecule has 0 heterocycles. The zero-order chi connectivity index (χ0) is 22.9. The minimum Gasteiger partial charge on any atom is -0.166 e. The van der Waals surface area contributed by atoms with E-state index in [2.05, 4.69) is 31.9 Å². The van der Waals surface area contributed by atoms with Crippen molar-refractivity contribution in [2.24, 2.45) is 0 Å². The van der Waals surface area contributed by atoms with Gasteiger partial charge in [-0.05, 0) is 66.8 Å². The molecule has 0 fully saturated rings. The molecule has 0 bridgehead atoms. The molecule has 0 saturated heterocycles. The monoisotopic (exact) mass is 564 g/mol.